The molecule has 0 aromatic carbocycles. The summed E-state index contributed by atoms with van der Waals surface area (Å²) in [6.45, 7) is 12.0. The molecule has 0 aliphatic heterocycles. The topological polar surface area (TPSA) is 60.7 Å². The second kappa shape index (κ2) is 9.38. The Balaban J connectivity index is 1.77. The number of hydrogen-bond donors (Lipinski definition) is 3. The van der Waals surface area contributed by atoms with Crippen molar-refractivity contribution in [3.63, 3.8) is 0 Å². The fraction of sp³-hybridized carbons (Fsp3) is 0.643. The van der Waals surface area contributed by atoms with Gasteiger partial charge in [0.15, 0.2) is 0 Å². The Morgan fingerprint density at radius 2 is 1.94 bits per heavy atom. The van der Waals surface area contributed by atoms with Gasteiger partial charge in [0.1, 0.15) is 5.60 Å². The molecule has 0 aromatic heterocycles. The van der Waals surface area contributed by atoms with Crippen molar-refractivity contribution in [2.24, 2.45) is 23.2 Å². The van der Waals surface area contributed by atoms with Gasteiger partial charge in [-0.25, -0.2) is 0 Å². The van der Waals surface area contributed by atoms with Gasteiger partial charge >= 0.3 is 0 Å². The van der Waals surface area contributed by atoms with Crippen molar-refractivity contribution >= 4 is 0 Å². The van der Waals surface area contributed by atoms with Crippen molar-refractivity contribution in [3.05, 3.63) is 35.5 Å². The Morgan fingerprint density at radius 3 is 2.65 bits per heavy atom. The second-order valence-corrected chi connectivity index (χ2v) is 10.5. The lowest BCUT2D eigenvalue weighted by molar-refractivity contribution is 0.0862. The van der Waals surface area contributed by atoms with Gasteiger partial charge in [-0.05, 0) is 92.6 Å². The summed E-state index contributed by atoms with van der Waals surface area (Å²) >= 11 is 0. The SMILES string of the molecule is C=C1/C(=C\C=C2/CCC[C@]3(C)[C@@H]([C@@H](C)C#CC#CC(C)(C)O)CC[C@@H]23)C[C@@H](O)C[C@@H]1O. The standard InChI is InChI=1S/C28H38O3/c1-19(9-6-7-15-27(3,4)31)24-13-14-25-21(10-8-16-28(24,25)5)11-12-22-17-23(29)18-26(30)20(22)2/h11-12,19,23-26,29-31H,2,8,10,13-14,16-18H2,1,3-5H3/b21-11+,22-12-/t19-,23+,24+,25-,26-,28+/m0/s1. The maximum atomic E-state index is 10.1. The van der Waals surface area contributed by atoms with Crippen LogP contribution < -0.4 is 0 Å². The first-order valence-electron chi connectivity index (χ1n) is 11.7. The zero-order valence-electron chi connectivity index (χ0n) is 19.5. The number of aliphatic hydroxyl groups is 3. The van der Waals surface area contributed by atoms with Crippen LogP contribution in [-0.2, 0) is 0 Å². The van der Waals surface area contributed by atoms with Crippen molar-refractivity contribution in [2.75, 3.05) is 0 Å². The number of hydrogen-bond acceptors (Lipinski definition) is 3. The van der Waals surface area contributed by atoms with Crippen LogP contribution in [0.5, 0.6) is 0 Å². The first kappa shape index (κ1) is 23.9. The van der Waals surface area contributed by atoms with Crippen LogP contribution in [0.25, 0.3) is 0 Å². The van der Waals surface area contributed by atoms with Gasteiger partial charge in [-0.1, -0.05) is 50.0 Å². The average molecular weight is 423 g/mol. The molecule has 0 heterocycles. The van der Waals surface area contributed by atoms with E-state index in [2.05, 4.69) is 56.3 Å². The number of aliphatic hydroxyl groups excluding tert-OH is 2. The minimum Gasteiger partial charge on any atom is -0.393 e. The van der Waals surface area contributed by atoms with Crippen molar-refractivity contribution in [1.82, 2.24) is 0 Å². The summed E-state index contributed by atoms with van der Waals surface area (Å²) in [5.41, 5.74) is 2.46. The highest BCUT2D eigenvalue weighted by atomic mass is 16.3. The predicted octanol–water partition coefficient (Wildman–Crippen LogP) is 4.54. The summed E-state index contributed by atoms with van der Waals surface area (Å²) < 4.78 is 0. The molecule has 0 amide bonds. The van der Waals surface area contributed by atoms with Crippen LogP contribution >= 0.6 is 0 Å². The summed E-state index contributed by atoms with van der Waals surface area (Å²) in [4.78, 5) is 0. The maximum absolute atomic E-state index is 10.1. The van der Waals surface area contributed by atoms with Crippen LogP contribution in [-0.4, -0.2) is 33.1 Å². The third kappa shape index (κ3) is 5.53. The molecule has 3 aliphatic rings. The Kier molecular flexibility index (Phi) is 7.22. The zero-order chi connectivity index (χ0) is 22.8. The van der Waals surface area contributed by atoms with Gasteiger partial charge in [-0.3, -0.25) is 0 Å². The van der Waals surface area contributed by atoms with Crippen molar-refractivity contribution in [2.45, 2.75) is 90.4 Å². The molecule has 31 heavy (non-hydrogen) atoms. The van der Waals surface area contributed by atoms with Gasteiger partial charge in [0, 0.05) is 12.3 Å². The Hall–Kier alpha value is -1.78. The highest BCUT2D eigenvalue weighted by Crippen LogP contribution is 2.59. The Labute approximate surface area is 188 Å². The molecule has 0 aromatic rings. The Morgan fingerprint density at radius 1 is 1.19 bits per heavy atom. The lowest BCUT2D eigenvalue weighted by Gasteiger charge is -2.43. The van der Waals surface area contributed by atoms with E-state index in [-0.39, 0.29) is 11.3 Å². The third-order valence-electron chi connectivity index (χ3n) is 7.64. The molecule has 3 heteroatoms. The number of rotatable bonds is 2. The lowest BCUT2D eigenvalue weighted by atomic mass is 9.61. The monoisotopic (exact) mass is 422 g/mol. The van der Waals surface area contributed by atoms with Crippen LogP contribution in [0, 0.1) is 46.9 Å². The van der Waals surface area contributed by atoms with Crippen LogP contribution in [0.2, 0.25) is 0 Å². The molecule has 6 atom stereocenters. The van der Waals surface area contributed by atoms with Crippen LogP contribution in [0.15, 0.2) is 35.5 Å². The summed E-state index contributed by atoms with van der Waals surface area (Å²) in [6, 6.07) is 0. The van der Waals surface area contributed by atoms with Gasteiger partial charge in [0.2, 0.25) is 0 Å². The van der Waals surface area contributed by atoms with E-state index in [1.165, 1.54) is 31.3 Å². The second-order valence-electron chi connectivity index (χ2n) is 10.5. The smallest absolute Gasteiger partial charge is 0.120 e. The first-order valence-corrected chi connectivity index (χ1v) is 11.7. The zero-order valence-corrected chi connectivity index (χ0v) is 19.5. The lowest BCUT2D eigenvalue weighted by Crippen LogP contribution is -2.35. The molecular weight excluding hydrogens is 384 g/mol. The highest BCUT2D eigenvalue weighted by Gasteiger charge is 2.50. The number of allylic oxidation sites excluding steroid dienone is 3. The van der Waals surface area contributed by atoms with Crippen LogP contribution in [0.1, 0.15) is 72.6 Å². The fourth-order valence-electron chi connectivity index (χ4n) is 6.00. The van der Waals surface area contributed by atoms with Crippen molar-refractivity contribution in [3.8, 4) is 23.7 Å². The fourth-order valence-corrected chi connectivity index (χ4v) is 6.00. The third-order valence-corrected chi connectivity index (χ3v) is 7.64. The summed E-state index contributed by atoms with van der Waals surface area (Å²) in [5, 5.41) is 29.9. The van der Waals surface area contributed by atoms with Gasteiger partial charge in [-0.2, -0.15) is 0 Å². The van der Waals surface area contributed by atoms with Gasteiger partial charge in [0.25, 0.3) is 0 Å². The molecule has 168 valence electrons. The molecule has 0 saturated heterocycles. The Bertz CT molecular complexity index is 879. The molecule has 3 fully saturated rings. The summed E-state index contributed by atoms with van der Waals surface area (Å²) in [5.74, 6) is 13.3. The van der Waals surface area contributed by atoms with Gasteiger partial charge in [-0.15, -0.1) is 0 Å². The van der Waals surface area contributed by atoms with E-state index in [0.29, 0.717) is 24.7 Å². The van der Waals surface area contributed by atoms with E-state index in [0.717, 1.165) is 17.6 Å². The molecule has 3 saturated carbocycles. The van der Waals surface area contributed by atoms with Gasteiger partial charge < -0.3 is 15.3 Å². The average Bonchev–Trinajstić information content (AvgIpc) is 3.03. The van der Waals surface area contributed by atoms with E-state index < -0.39 is 17.8 Å². The summed E-state index contributed by atoms with van der Waals surface area (Å²) in [6.07, 6.45) is 10.1. The van der Waals surface area contributed by atoms with Gasteiger partial charge in [0.05, 0.1) is 12.2 Å². The van der Waals surface area contributed by atoms with E-state index in [4.69, 9.17) is 0 Å². The van der Waals surface area contributed by atoms with Crippen molar-refractivity contribution < 1.29 is 15.3 Å². The normalized spacial score (nSPS) is 36.9. The van der Waals surface area contributed by atoms with Crippen LogP contribution in [0.3, 0.4) is 0 Å². The molecule has 3 N–H and O–H groups in total. The minimum absolute atomic E-state index is 0.239. The van der Waals surface area contributed by atoms with E-state index >= 15 is 0 Å². The quantitative estimate of drug-likeness (QED) is 0.573. The molecule has 3 rings (SSSR count). The van der Waals surface area contributed by atoms with Crippen molar-refractivity contribution in [1.29, 1.82) is 0 Å². The maximum Gasteiger partial charge on any atom is 0.120 e. The van der Waals surface area contributed by atoms with E-state index in [1.807, 2.05) is 0 Å². The van der Waals surface area contributed by atoms with Crippen LogP contribution in [0.4, 0.5) is 0 Å². The molecular formula is C28H38O3. The molecule has 0 radical (unpaired) electrons. The molecule has 3 nitrogen and oxygen atoms in total. The molecule has 3 aliphatic carbocycles. The number of fused-ring (bicyclic) bond motifs is 1. The largest absolute Gasteiger partial charge is 0.393 e. The molecule has 0 unspecified atom stereocenters. The van der Waals surface area contributed by atoms with E-state index in [9.17, 15) is 15.3 Å². The van der Waals surface area contributed by atoms with E-state index in [1.54, 1.807) is 13.8 Å². The molecule has 0 bridgehead atoms. The highest BCUT2D eigenvalue weighted by molar-refractivity contribution is 5.39. The predicted molar refractivity (Wildman–Crippen MR) is 126 cm³/mol. The molecule has 0 spiro atoms. The minimum atomic E-state index is -1.00. The first-order chi connectivity index (χ1) is 14.5. The summed E-state index contributed by atoms with van der Waals surface area (Å²) in [7, 11) is 0.